The number of para-hydroxylation sites is 1. The molecule has 5 nitrogen and oxygen atoms in total. The Labute approximate surface area is 149 Å². The van der Waals surface area contributed by atoms with E-state index in [-0.39, 0.29) is 12.0 Å². The fourth-order valence-corrected chi connectivity index (χ4v) is 3.00. The van der Waals surface area contributed by atoms with Crippen LogP contribution in [0.15, 0.2) is 42.6 Å². The van der Waals surface area contributed by atoms with Crippen molar-refractivity contribution in [3.63, 3.8) is 0 Å². The van der Waals surface area contributed by atoms with Crippen molar-refractivity contribution in [1.29, 1.82) is 0 Å². The minimum atomic E-state index is -0.503. The first-order valence-electron chi connectivity index (χ1n) is 8.58. The standard InChI is InChI=1S/C20H24N3O2/c1-20(2,3)25-19(24)18-14-22-11-12-23(18)17-9-5-4-8-16(17)15-7-6-10-21-13-15/h4-10,18,22H,11-12,14H2,1-3H3. The Bertz CT molecular complexity index is 725. The van der Waals surface area contributed by atoms with Crippen molar-refractivity contribution >= 4 is 11.7 Å². The number of rotatable bonds is 3. The van der Waals surface area contributed by atoms with Gasteiger partial charge in [-0.1, -0.05) is 24.3 Å². The lowest BCUT2D eigenvalue weighted by atomic mass is 10.0. The molecule has 1 aromatic carbocycles. The first-order valence-corrected chi connectivity index (χ1v) is 8.58. The first-order chi connectivity index (χ1) is 12.0. The van der Waals surface area contributed by atoms with Gasteiger partial charge in [0, 0.05) is 42.6 Å². The lowest BCUT2D eigenvalue weighted by molar-refractivity contribution is -0.156. The van der Waals surface area contributed by atoms with Gasteiger partial charge in [-0.2, -0.15) is 0 Å². The van der Waals surface area contributed by atoms with E-state index in [9.17, 15) is 4.79 Å². The average molecular weight is 338 g/mol. The molecule has 5 heteroatoms. The molecule has 25 heavy (non-hydrogen) atoms. The first kappa shape index (κ1) is 17.4. The van der Waals surface area contributed by atoms with Gasteiger partial charge in [0.05, 0.1) is 6.20 Å². The fourth-order valence-electron chi connectivity index (χ4n) is 3.00. The number of hydrogen-bond donors (Lipinski definition) is 1. The molecule has 131 valence electrons. The SMILES string of the molecule is CC(C)(C)OC(=O)C1CNCCN1c1ccccc1-c1[c]nccc1. The Morgan fingerprint density at radius 3 is 2.80 bits per heavy atom. The molecule has 2 aromatic rings. The molecule has 0 bridgehead atoms. The monoisotopic (exact) mass is 338 g/mol. The minimum absolute atomic E-state index is 0.204. The number of pyridine rings is 1. The highest BCUT2D eigenvalue weighted by molar-refractivity contribution is 5.85. The summed E-state index contributed by atoms with van der Waals surface area (Å²) in [6.07, 6.45) is 4.75. The molecule has 1 N–H and O–H groups in total. The molecule has 0 amide bonds. The number of nitrogens with zero attached hydrogens (tertiary/aromatic N) is 2. The van der Waals surface area contributed by atoms with Gasteiger partial charge in [-0.05, 0) is 32.9 Å². The molecule has 0 aliphatic carbocycles. The van der Waals surface area contributed by atoms with Gasteiger partial charge in [0.1, 0.15) is 11.6 Å². The lowest BCUT2D eigenvalue weighted by Crippen LogP contribution is -2.56. The summed E-state index contributed by atoms with van der Waals surface area (Å²) >= 11 is 0. The van der Waals surface area contributed by atoms with Crippen LogP contribution in [0.2, 0.25) is 0 Å². The molecule has 1 aliphatic heterocycles. The van der Waals surface area contributed by atoms with Crippen molar-refractivity contribution in [2.75, 3.05) is 24.5 Å². The molecule has 1 saturated heterocycles. The zero-order chi connectivity index (χ0) is 17.9. The van der Waals surface area contributed by atoms with E-state index in [0.717, 1.165) is 29.9 Å². The van der Waals surface area contributed by atoms with E-state index in [1.807, 2.05) is 57.2 Å². The largest absolute Gasteiger partial charge is 0.458 e. The topological polar surface area (TPSA) is 54.5 Å². The quantitative estimate of drug-likeness (QED) is 0.872. The molecule has 1 atom stereocenters. The molecular weight excluding hydrogens is 314 g/mol. The third-order valence-corrected chi connectivity index (χ3v) is 4.03. The number of hydrogen-bond acceptors (Lipinski definition) is 5. The van der Waals surface area contributed by atoms with Gasteiger partial charge in [0.2, 0.25) is 0 Å². The third kappa shape index (κ3) is 4.17. The smallest absolute Gasteiger partial charge is 0.330 e. The van der Waals surface area contributed by atoms with Crippen molar-refractivity contribution in [3.8, 4) is 11.1 Å². The van der Waals surface area contributed by atoms with E-state index in [2.05, 4.69) is 21.4 Å². The van der Waals surface area contributed by atoms with E-state index < -0.39 is 5.60 Å². The van der Waals surface area contributed by atoms with Crippen molar-refractivity contribution in [3.05, 3.63) is 48.8 Å². The second kappa shape index (κ2) is 7.23. The second-order valence-corrected chi connectivity index (χ2v) is 7.13. The maximum Gasteiger partial charge on any atom is 0.330 e. The zero-order valence-electron chi connectivity index (χ0n) is 15.0. The fraction of sp³-hybridized carbons (Fsp3) is 0.400. The molecule has 1 fully saturated rings. The summed E-state index contributed by atoms with van der Waals surface area (Å²) in [5.41, 5.74) is 2.44. The van der Waals surface area contributed by atoms with Crippen LogP contribution in [-0.2, 0) is 9.53 Å². The van der Waals surface area contributed by atoms with Crippen LogP contribution >= 0.6 is 0 Å². The number of esters is 1. The molecule has 2 heterocycles. The van der Waals surface area contributed by atoms with Crippen molar-refractivity contribution in [2.24, 2.45) is 0 Å². The summed E-state index contributed by atoms with van der Waals surface area (Å²) in [7, 11) is 0. The normalized spacial score (nSPS) is 18.0. The zero-order valence-corrected chi connectivity index (χ0v) is 15.0. The lowest BCUT2D eigenvalue weighted by Gasteiger charge is -2.38. The van der Waals surface area contributed by atoms with Crippen LogP contribution in [0.3, 0.4) is 0 Å². The van der Waals surface area contributed by atoms with Gasteiger partial charge in [0.15, 0.2) is 0 Å². The van der Waals surface area contributed by atoms with E-state index >= 15 is 0 Å². The highest BCUT2D eigenvalue weighted by atomic mass is 16.6. The Balaban J connectivity index is 1.95. The number of ether oxygens (including phenoxy) is 1. The number of anilines is 1. The molecule has 1 aromatic heterocycles. The van der Waals surface area contributed by atoms with Crippen LogP contribution < -0.4 is 10.2 Å². The van der Waals surface area contributed by atoms with Gasteiger partial charge >= 0.3 is 5.97 Å². The molecule has 0 saturated carbocycles. The predicted octanol–water partition coefficient (Wildman–Crippen LogP) is 2.67. The summed E-state index contributed by atoms with van der Waals surface area (Å²) in [5.74, 6) is -0.204. The van der Waals surface area contributed by atoms with Crippen LogP contribution in [-0.4, -0.2) is 42.2 Å². The minimum Gasteiger partial charge on any atom is -0.458 e. The van der Waals surface area contributed by atoms with Crippen LogP contribution in [0.5, 0.6) is 0 Å². The van der Waals surface area contributed by atoms with E-state index in [4.69, 9.17) is 4.74 Å². The average Bonchev–Trinajstić information content (AvgIpc) is 2.61. The van der Waals surface area contributed by atoms with Crippen LogP contribution in [0.25, 0.3) is 11.1 Å². The highest BCUT2D eigenvalue weighted by Gasteiger charge is 2.33. The van der Waals surface area contributed by atoms with Gasteiger partial charge in [-0.25, -0.2) is 4.79 Å². The second-order valence-electron chi connectivity index (χ2n) is 7.13. The number of piperazine rings is 1. The van der Waals surface area contributed by atoms with Crippen molar-refractivity contribution < 1.29 is 9.53 Å². The Hall–Kier alpha value is -2.40. The van der Waals surface area contributed by atoms with Crippen molar-refractivity contribution in [1.82, 2.24) is 10.3 Å². The molecule has 3 rings (SSSR count). The van der Waals surface area contributed by atoms with E-state index in [1.165, 1.54) is 0 Å². The van der Waals surface area contributed by atoms with Crippen molar-refractivity contribution in [2.45, 2.75) is 32.4 Å². The molecule has 1 unspecified atom stereocenters. The molecule has 1 aliphatic rings. The summed E-state index contributed by atoms with van der Waals surface area (Å²) in [4.78, 5) is 18.9. The van der Waals surface area contributed by atoms with Gasteiger partial charge in [-0.15, -0.1) is 0 Å². The van der Waals surface area contributed by atoms with Gasteiger partial charge < -0.3 is 15.0 Å². The number of nitrogens with one attached hydrogen (secondary N) is 1. The van der Waals surface area contributed by atoms with Gasteiger partial charge in [0.25, 0.3) is 0 Å². The molecular formula is C20H24N3O2. The number of carbonyl (C=O) groups excluding carboxylic acids is 1. The summed E-state index contributed by atoms with van der Waals surface area (Å²) in [6.45, 7) is 7.81. The van der Waals surface area contributed by atoms with Crippen LogP contribution in [0, 0.1) is 6.20 Å². The predicted molar refractivity (Wildman–Crippen MR) is 98.4 cm³/mol. The number of benzene rings is 1. The Morgan fingerprint density at radius 2 is 2.08 bits per heavy atom. The summed E-state index contributed by atoms with van der Waals surface area (Å²) in [6, 6.07) is 11.6. The van der Waals surface area contributed by atoms with Gasteiger partial charge in [-0.3, -0.25) is 4.98 Å². The maximum atomic E-state index is 12.7. The summed E-state index contributed by atoms with van der Waals surface area (Å²) < 4.78 is 5.63. The molecule has 1 radical (unpaired) electrons. The van der Waals surface area contributed by atoms with Crippen LogP contribution in [0.1, 0.15) is 20.8 Å². The Morgan fingerprint density at radius 1 is 1.28 bits per heavy atom. The number of carbonyl (C=O) groups is 1. The third-order valence-electron chi connectivity index (χ3n) is 4.03. The highest BCUT2D eigenvalue weighted by Crippen LogP contribution is 2.32. The van der Waals surface area contributed by atoms with Crippen LogP contribution in [0.4, 0.5) is 5.69 Å². The van der Waals surface area contributed by atoms with E-state index in [1.54, 1.807) is 6.20 Å². The maximum absolute atomic E-state index is 12.7. The Kier molecular flexibility index (Phi) is 5.04. The van der Waals surface area contributed by atoms with E-state index in [0.29, 0.717) is 6.54 Å². The number of aromatic nitrogens is 1. The molecule has 0 spiro atoms. The summed E-state index contributed by atoms with van der Waals surface area (Å²) in [5, 5.41) is 3.30.